The molecular weight excluding hydrogens is 506 g/mol. The van der Waals surface area contributed by atoms with E-state index in [2.05, 4.69) is 31.0 Å². The van der Waals surface area contributed by atoms with Crippen molar-refractivity contribution in [2.45, 2.75) is 18.7 Å². The summed E-state index contributed by atoms with van der Waals surface area (Å²) in [6, 6.07) is 10.7. The minimum atomic E-state index is -3.99. The predicted octanol–water partition coefficient (Wildman–Crippen LogP) is 2.57. The minimum absolute atomic E-state index is 0.0274. The van der Waals surface area contributed by atoms with E-state index >= 15 is 0 Å². The number of rotatable bonds is 7. The third kappa shape index (κ3) is 7.49. The molecule has 0 bridgehead atoms. The van der Waals surface area contributed by atoms with Crippen LogP contribution in [0.1, 0.15) is 24.2 Å². The zero-order valence-electron chi connectivity index (χ0n) is 16.8. The molecule has 6 N–H and O–H groups in total. The van der Waals surface area contributed by atoms with E-state index in [0.717, 1.165) is 0 Å². The van der Waals surface area contributed by atoms with Crippen LogP contribution in [-0.4, -0.2) is 32.0 Å². The summed E-state index contributed by atoms with van der Waals surface area (Å²) in [5, 5.41) is 5.42. The van der Waals surface area contributed by atoms with Gasteiger partial charge >= 0.3 is 0 Å². The van der Waals surface area contributed by atoms with Crippen molar-refractivity contribution in [2.75, 3.05) is 11.9 Å². The van der Waals surface area contributed by atoms with E-state index in [9.17, 15) is 13.2 Å². The summed E-state index contributed by atoms with van der Waals surface area (Å²) in [5.74, 6) is -0.285. The summed E-state index contributed by atoms with van der Waals surface area (Å²) in [6.45, 7) is 4.47. The molecule has 2 aromatic rings. The molecule has 0 aliphatic rings. The smallest absolute Gasteiger partial charge is 0.285 e. The van der Waals surface area contributed by atoms with E-state index < -0.39 is 21.9 Å². The molecule has 0 aromatic heterocycles. The number of guanidine groups is 1. The molecule has 2 rings (SSSR count). The van der Waals surface area contributed by atoms with Gasteiger partial charge in [0.25, 0.3) is 15.9 Å². The van der Waals surface area contributed by atoms with E-state index in [-0.39, 0.29) is 10.0 Å². The number of hydrogen-bond donors (Lipinski definition) is 4. The number of nitrogens with two attached hydrogens (primary N) is 2. The van der Waals surface area contributed by atoms with Crippen molar-refractivity contribution in [3.05, 3.63) is 52.5 Å². The highest BCUT2D eigenvalue weighted by Gasteiger charge is 2.16. The van der Waals surface area contributed by atoms with Crippen LogP contribution in [0.5, 0.6) is 5.75 Å². The molecule has 0 aliphatic carbocycles. The van der Waals surface area contributed by atoms with Crippen molar-refractivity contribution in [1.29, 1.82) is 0 Å². The van der Waals surface area contributed by atoms with Crippen LogP contribution in [0.15, 0.2) is 56.2 Å². The Balaban J connectivity index is 2.09. The molecule has 0 saturated heterocycles. The van der Waals surface area contributed by atoms with Crippen LogP contribution in [0, 0.1) is 5.92 Å². The second kappa shape index (κ2) is 10.6. The number of anilines is 1. The number of hydrogen-bond acceptors (Lipinski definition) is 5. The van der Waals surface area contributed by atoms with Gasteiger partial charge in [-0.1, -0.05) is 29.8 Å². The van der Waals surface area contributed by atoms with E-state index in [4.69, 9.17) is 28.4 Å². The average Bonchev–Trinajstić information content (AvgIpc) is 2.66. The largest absolute Gasteiger partial charge is 0.492 e. The molecular formula is C19H22BrN5O4S2. The van der Waals surface area contributed by atoms with Crippen LogP contribution < -0.4 is 26.8 Å². The van der Waals surface area contributed by atoms with Crippen molar-refractivity contribution >= 4 is 60.8 Å². The van der Waals surface area contributed by atoms with E-state index in [1.54, 1.807) is 18.2 Å². The molecule has 31 heavy (non-hydrogen) atoms. The quantitative estimate of drug-likeness (QED) is 0.243. The number of sulfonamides is 1. The average molecular weight is 528 g/mol. The lowest BCUT2D eigenvalue weighted by Crippen LogP contribution is -2.34. The third-order valence-electron chi connectivity index (χ3n) is 3.62. The first-order valence-electron chi connectivity index (χ1n) is 8.98. The summed E-state index contributed by atoms with van der Waals surface area (Å²) < 4.78 is 33.6. The van der Waals surface area contributed by atoms with Gasteiger partial charge in [-0.15, -0.1) is 4.40 Å². The van der Waals surface area contributed by atoms with Crippen LogP contribution in [0.3, 0.4) is 0 Å². The Morgan fingerprint density at radius 3 is 2.42 bits per heavy atom. The van der Waals surface area contributed by atoms with Gasteiger partial charge in [0.1, 0.15) is 5.75 Å². The number of carbonyl (C=O) groups excluding carboxylic acids is 1. The number of nitrogens with one attached hydrogen (secondary N) is 2. The molecule has 0 unspecified atom stereocenters. The maximum Gasteiger partial charge on any atom is 0.285 e. The summed E-state index contributed by atoms with van der Waals surface area (Å²) in [4.78, 5) is 12.6. The summed E-state index contributed by atoms with van der Waals surface area (Å²) in [6.07, 6.45) is 0. The molecule has 166 valence electrons. The second-order valence-corrected chi connectivity index (χ2v) is 9.70. The van der Waals surface area contributed by atoms with Crippen molar-refractivity contribution in [1.82, 2.24) is 5.32 Å². The first kappa shape index (κ1) is 24.6. The van der Waals surface area contributed by atoms with Gasteiger partial charge in [-0.3, -0.25) is 10.1 Å². The Bertz CT molecular complexity index is 1100. The fraction of sp³-hybridized carbons (Fsp3) is 0.211. The number of benzene rings is 2. The minimum Gasteiger partial charge on any atom is -0.492 e. The topological polar surface area (TPSA) is 149 Å². The monoisotopic (exact) mass is 527 g/mol. The van der Waals surface area contributed by atoms with Gasteiger partial charge in [-0.2, -0.15) is 8.42 Å². The lowest BCUT2D eigenvalue weighted by molar-refractivity contribution is 0.0973. The van der Waals surface area contributed by atoms with Crippen LogP contribution in [0.2, 0.25) is 0 Å². The van der Waals surface area contributed by atoms with Crippen LogP contribution in [-0.2, 0) is 10.0 Å². The van der Waals surface area contributed by atoms with Gasteiger partial charge in [0.15, 0.2) is 5.11 Å². The van der Waals surface area contributed by atoms with Gasteiger partial charge in [0.05, 0.1) is 17.1 Å². The van der Waals surface area contributed by atoms with Gasteiger partial charge in [-0.25, -0.2) is 0 Å². The number of carbonyl (C=O) groups is 1. The molecule has 0 spiro atoms. The number of ether oxygens (including phenoxy) is 1. The number of thiocarbonyl (C=S) groups is 1. The zero-order valence-corrected chi connectivity index (χ0v) is 20.0. The summed E-state index contributed by atoms with van der Waals surface area (Å²) in [5.41, 5.74) is 11.0. The standard InChI is InChI=1S/C19H22BrN5O4S2/c1-11(2)10-29-16-8-3-12(20)9-15(16)17(26)24-19(30)23-13-4-6-14(7-5-13)31(27,28)25-18(21)22/h3-9,11H,10H2,1-2H3,(H4,21,22,25)(H2,23,24,26,30). The lowest BCUT2D eigenvalue weighted by Gasteiger charge is -2.14. The Morgan fingerprint density at radius 1 is 1.19 bits per heavy atom. The first-order valence-corrected chi connectivity index (χ1v) is 11.6. The summed E-state index contributed by atoms with van der Waals surface area (Å²) >= 11 is 8.53. The molecule has 0 radical (unpaired) electrons. The van der Waals surface area contributed by atoms with Gasteiger partial charge < -0.3 is 21.5 Å². The molecule has 0 heterocycles. The van der Waals surface area contributed by atoms with Crippen LogP contribution >= 0.6 is 28.1 Å². The molecule has 12 heteroatoms. The fourth-order valence-electron chi connectivity index (χ4n) is 2.30. The molecule has 1 amide bonds. The highest BCUT2D eigenvalue weighted by molar-refractivity contribution is 9.10. The lowest BCUT2D eigenvalue weighted by atomic mass is 10.2. The van der Waals surface area contributed by atoms with Crippen molar-refractivity contribution in [3.8, 4) is 5.75 Å². The first-order chi connectivity index (χ1) is 14.5. The zero-order chi connectivity index (χ0) is 23.2. The van der Waals surface area contributed by atoms with Gasteiger partial charge in [0.2, 0.25) is 5.96 Å². The number of nitrogens with zero attached hydrogens (tertiary/aromatic N) is 1. The molecule has 0 fully saturated rings. The highest BCUT2D eigenvalue weighted by atomic mass is 79.9. The van der Waals surface area contributed by atoms with E-state index in [1.165, 1.54) is 24.3 Å². The summed E-state index contributed by atoms with van der Waals surface area (Å²) in [7, 11) is -3.99. The predicted molar refractivity (Wildman–Crippen MR) is 128 cm³/mol. The van der Waals surface area contributed by atoms with E-state index in [0.29, 0.717) is 34.0 Å². The van der Waals surface area contributed by atoms with Gasteiger partial charge in [0, 0.05) is 10.2 Å². The maximum absolute atomic E-state index is 12.7. The third-order valence-corrected chi connectivity index (χ3v) is 5.64. The number of amides is 1. The SMILES string of the molecule is CC(C)COc1ccc(Br)cc1C(=O)NC(=S)Nc1ccc(S(=O)(=O)N=C(N)N)cc1. The maximum atomic E-state index is 12.7. The van der Waals surface area contributed by atoms with Crippen molar-refractivity contribution in [2.24, 2.45) is 21.8 Å². The molecule has 0 saturated carbocycles. The second-order valence-electron chi connectivity index (χ2n) is 6.77. The Morgan fingerprint density at radius 2 is 1.84 bits per heavy atom. The van der Waals surface area contributed by atoms with Crippen LogP contribution in [0.4, 0.5) is 5.69 Å². The molecule has 0 atom stereocenters. The van der Waals surface area contributed by atoms with Crippen LogP contribution in [0.25, 0.3) is 0 Å². The van der Waals surface area contributed by atoms with Crippen molar-refractivity contribution in [3.63, 3.8) is 0 Å². The number of halogens is 1. The molecule has 0 aliphatic heterocycles. The normalized spacial score (nSPS) is 11.0. The van der Waals surface area contributed by atoms with Crippen molar-refractivity contribution < 1.29 is 17.9 Å². The van der Waals surface area contributed by atoms with E-state index in [1.807, 2.05) is 13.8 Å². The molecule has 9 nitrogen and oxygen atoms in total. The fourth-order valence-corrected chi connectivity index (χ4v) is 3.73. The molecule has 2 aromatic carbocycles. The Kier molecular flexibility index (Phi) is 8.36. The van der Waals surface area contributed by atoms with Gasteiger partial charge in [-0.05, 0) is 60.6 Å². The Hall–Kier alpha value is -2.70. The Labute approximate surface area is 194 Å². The highest BCUT2D eigenvalue weighted by Crippen LogP contribution is 2.24.